The number of nitrogens with zero attached hydrogens (tertiary/aromatic N) is 2. The second-order valence-electron chi connectivity index (χ2n) is 9.77. The Balaban J connectivity index is 1.54. The molecule has 1 atom stereocenters. The highest BCUT2D eigenvalue weighted by Crippen LogP contribution is 2.30. The SMILES string of the molecule is CC[C@H](C(=O)NC1CCCCC1)N(Cc1cccc(OC)c1)C(=O)CCN1C(=O)c2ccccc2S1(=O)=O. The molecule has 1 saturated carbocycles. The minimum Gasteiger partial charge on any atom is -0.497 e. The summed E-state index contributed by atoms with van der Waals surface area (Å²) in [7, 11) is -2.47. The van der Waals surface area contributed by atoms with Crippen LogP contribution in [-0.4, -0.2) is 61.1 Å². The summed E-state index contributed by atoms with van der Waals surface area (Å²) in [5.74, 6) is -0.638. The lowest BCUT2D eigenvalue weighted by Crippen LogP contribution is -2.52. The number of sulfonamides is 1. The van der Waals surface area contributed by atoms with Crippen LogP contribution in [0, 0.1) is 0 Å². The number of carbonyl (C=O) groups excluding carboxylic acids is 3. The Hall–Kier alpha value is -3.40. The van der Waals surface area contributed by atoms with Gasteiger partial charge in [0, 0.05) is 25.6 Å². The molecule has 9 nitrogen and oxygen atoms in total. The summed E-state index contributed by atoms with van der Waals surface area (Å²) in [6, 6.07) is 12.6. The predicted octanol–water partition coefficient (Wildman–Crippen LogP) is 3.49. The molecule has 10 heteroatoms. The summed E-state index contributed by atoms with van der Waals surface area (Å²) in [6.07, 6.45) is 5.27. The minimum absolute atomic E-state index is 0.0519. The number of methoxy groups -OCH3 is 1. The molecule has 2 aliphatic rings. The van der Waals surface area contributed by atoms with E-state index in [-0.39, 0.29) is 41.9 Å². The summed E-state index contributed by atoms with van der Waals surface area (Å²) >= 11 is 0. The van der Waals surface area contributed by atoms with Gasteiger partial charge >= 0.3 is 0 Å². The zero-order valence-corrected chi connectivity index (χ0v) is 22.7. The van der Waals surface area contributed by atoms with E-state index < -0.39 is 27.9 Å². The summed E-state index contributed by atoms with van der Waals surface area (Å²) in [4.78, 5) is 41.3. The number of hydrogen-bond donors (Lipinski definition) is 1. The van der Waals surface area contributed by atoms with Crippen molar-refractivity contribution in [2.45, 2.75) is 75.4 Å². The fourth-order valence-electron chi connectivity index (χ4n) is 5.22. The summed E-state index contributed by atoms with van der Waals surface area (Å²) in [5, 5.41) is 3.12. The van der Waals surface area contributed by atoms with Crippen molar-refractivity contribution in [3.63, 3.8) is 0 Å². The highest BCUT2D eigenvalue weighted by molar-refractivity contribution is 7.90. The molecule has 0 spiro atoms. The lowest BCUT2D eigenvalue weighted by Gasteiger charge is -2.33. The van der Waals surface area contributed by atoms with Crippen molar-refractivity contribution in [2.24, 2.45) is 0 Å². The molecular formula is C28H35N3O6S. The van der Waals surface area contributed by atoms with E-state index in [9.17, 15) is 22.8 Å². The second-order valence-corrected chi connectivity index (χ2v) is 11.6. The smallest absolute Gasteiger partial charge is 0.269 e. The van der Waals surface area contributed by atoms with Crippen LogP contribution in [0.2, 0.25) is 0 Å². The Morgan fingerprint density at radius 2 is 1.84 bits per heavy atom. The van der Waals surface area contributed by atoms with E-state index in [1.165, 1.54) is 17.0 Å². The van der Waals surface area contributed by atoms with E-state index in [0.29, 0.717) is 12.2 Å². The van der Waals surface area contributed by atoms with Crippen LogP contribution in [0.4, 0.5) is 0 Å². The summed E-state index contributed by atoms with van der Waals surface area (Å²) in [6.45, 7) is 1.69. The number of rotatable bonds is 10. The van der Waals surface area contributed by atoms with Crippen LogP contribution in [0.15, 0.2) is 53.4 Å². The maximum Gasteiger partial charge on any atom is 0.269 e. The van der Waals surface area contributed by atoms with Crippen molar-refractivity contribution < 1.29 is 27.5 Å². The normalized spacial score (nSPS) is 17.5. The molecule has 0 unspecified atom stereocenters. The average molecular weight is 542 g/mol. The highest BCUT2D eigenvalue weighted by atomic mass is 32.2. The molecule has 3 amide bonds. The third kappa shape index (κ3) is 5.85. The van der Waals surface area contributed by atoms with Crippen molar-refractivity contribution >= 4 is 27.7 Å². The Bertz CT molecular complexity index is 1290. The number of carbonyl (C=O) groups is 3. The van der Waals surface area contributed by atoms with Gasteiger partial charge in [0.2, 0.25) is 11.8 Å². The third-order valence-electron chi connectivity index (χ3n) is 7.27. The maximum absolute atomic E-state index is 13.6. The van der Waals surface area contributed by atoms with Crippen LogP contribution in [-0.2, 0) is 26.2 Å². The van der Waals surface area contributed by atoms with Gasteiger partial charge in [0.15, 0.2) is 0 Å². The van der Waals surface area contributed by atoms with E-state index in [0.717, 1.165) is 42.0 Å². The van der Waals surface area contributed by atoms with E-state index in [4.69, 9.17) is 4.74 Å². The Labute approximate surface area is 224 Å². The molecule has 1 N–H and O–H groups in total. The number of benzene rings is 2. The number of ether oxygens (including phenoxy) is 1. The number of nitrogens with one attached hydrogen (secondary N) is 1. The Morgan fingerprint density at radius 1 is 1.11 bits per heavy atom. The van der Waals surface area contributed by atoms with Crippen molar-refractivity contribution in [3.05, 3.63) is 59.7 Å². The molecule has 2 aromatic carbocycles. The predicted molar refractivity (Wildman–Crippen MR) is 142 cm³/mol. The number of amides is 3. The first-order valence-electron chi connectivity index (χ1n) is 13.1. The monoisotopic (exact) mass is 541 g/mol. The van der Waals surface area contributed by atoms with Gasteiger partial charge < -0.3 is 15.0 Å². The van der Waals surface area contributed by atoms with E-state index in [2.05, 4.69) is 5.32 Å². The first kappa shape index (κ1) is 27.6. The van der Waals surface area contributed by atoms with Crippen molar-refractivity contribution in [3.8, 4) is 5.75 Å². The highest BCUT2D eigenvalue weighted by Gasteiger charge is 2.41. The van der Waals surface area contributed by atoms with Gasteiger partial charge in [-0.1, -0.05) is 50.5 Å². The third-order valence-corrected chi connectivity index (χ3v) is 9.11. The van der Waals surface area contributed by atoms with E-state index >= 15 is 0 Å². The average Bonchev–Trinajstić information content (AvgIpc) is 3.12. The van der Waals surface area contributed by atoms with E-state index in [1.807, 2.05) is 19.1 Å². The second kappa shape index (κ2) is 12.0. The van der Waals surface area contributed by atoms with Gasteiger partial charge in [0.1, 0.15) is 16.7 Å². The quantitative estimate of drug-likeness (QED) is 0.493. The number of fused-ring (bicyclic) bond motifs is 1. The van der Waals surface area contributed by atoms with Crippen molar-refractivity contribution in [1.82, 2.24) is 14.5 Å². The molecule has 1 aliphatic heterocycles. The number of hydrogen-bond acceptors (Lipinski definition) is 6. The van der Waals surface area contributed by atoms with Crippen LogP contribution in [0.3, 0.4) is 0 Å². The fraction of sp³-hybridized carbons (Fsp3) is 0.464. The van der Waals surface area contributed by atoms with Gasteiger partial charge in [-0.25, -0.2) is 12.7 Å². The maximum atomic E-state index is 13.6. The first-order valence-corrected chi connectivity index (χ1v) is 14.6. The minimum atomic E-state index is -4.03. The van der Waals surface area contributed by atoms with Gasteiger partial charge in [-0.3, -0.25) is 14.4 Å². The van der Waals surface area contributed by atoms with Gasteiger partial charge in [-0.15, -0.1) is 0 Å². The molecule has 38 heavy (non-hydrogen) atoms. The molecule has 1 heterocycles. The largest absolute Gasteiger partial charge is 0.497 e. The zero-order chi connectivity index (χ0) is 27.3. The standard InChI is InChI=1S/C28H35N3O6S/c1-3-24(27(33)29-21-11-5-4-6-12-21)30(19-20-10-9-13-22(18-20)37-2)26(32)16-17-31-28(34)23-14-7-8-15-25(23)38(31,35)36/h7-10,13-15,18,21,24H,3-6,11-12,16-17,19H2,1-2H3,(H,29,33)/t24-/m1/s1. The molecule has 2 aromatic rings. The topological polar surface area (TPSA) is 113 Å². The van der Waals surface area contributed by atoms with Crippen LogP contribution in [0.25, 0.3) is 0 Å². The Morgan fingerprint density at radius 3 is 2.53 bits per heavy atom. The fourth-order valence-corrected chi connectivity index (χ4v) is 6.79. The molecule has 4 rings (SSSR count). The molecule has 204 valence electrons. The molecule has 1 fully saturated rings. The molecule has 0 bridgehead atoms. The zero-order valence-electron chi connectivity index (χ0n) is 21.9. The molecule has 0 saturated heterocycles. The molecule has 0 aromatic heterocycles. The van der Waals surface area contributed by atoms with Crippen molar-refractivity contribution in [1.29, 1.82) is 0 Å². The van der Waals surface area contributed by atoms with Crippen LogP contribution < -0.4 is 10.1 Å². The molecular weight excluding hydrogens is 506 g/mol. The van der Waals surface area contributed by atoms with E-state index in [1.54, 1.807) is 31.4 Å². The summed E-state index contributed by atoms with van der Waals surface area (Å²) < 4.78 is 32.0. The van der Waals surface area contributed by atoms with Crippen LogP contribution >= 0.6 is 0 Å². The van der Waals surface area contributed by atoms with Crippen LogP contribution in [0.5, 0.6) is 5.75 Å². The summed E-state index contributed by atoms with van der Waals surface area (Å²) in [5.41, 5.74) is 0.880. The Kier molecular flexibility index (Phi) is 8.71. The van der Waals surface area contributed by atoms with Gasteiger partial charge in [-0.05, 0) is 49.1 Å². The van der Waals surface area contributed by atoms with Crippen LogP contribution in [0.1, 0.15) is 67.8 Å². The molecule has 1 aliphatic carbocycles. The lowest BCUT2D eigenvalue weighted by molar-refractivity contribution is -0.141. The lowest BCUT2D eigenvalue weighted by atomic mass is 9.95. The van der Waals surface area contributed by atoms with Crippen molar-refractivity contribution in [2.75, 3.05) is 13.7 Å². The van der Waals surface area contributed by atoms with Gasteiger partial charge in [0.05, 0.1) is 12.7 Å². The first-order chi connectivity index (χ1) is 18.3. The molecule has 0 radical (unpaired) electrons. The van der Waals surface area contributed by atoms with Gasteiger partial charge in [-0.2, -0.15) is 0 Å². The van der Waals surface area contributed by atoms with Gasteiger partial charge in [0.25, 0.3) is 15.9 Å².